The lowest BCUT2D eigenvalue weighted by Crippen LogP contribution is -2.36. The number of fused-ring (bicyclic) bond motifs is 1. The molecule has 174 valence electrons. The summed E-state index contributed by atoms with van der Waals surface area (Å²) in [5.74, 6) is -0.268. The van der Waals surface area contributed by atoms with Gasteiger partial charge in [-0.25, -0.2) is 0 Å². The zero-order valence-corrected chi connectivity index (χ0v) is 20.5. The van der Waals surface area contributed by atoms with Gasteiger partial charge in [0.1, 0.15) is 12.3 Å². The Morgan fingerprint density at radius 2 is 1.94 bits per heavy atom. The zero-order valence-electron chi connectivity index (χ0n) is 18.9. The fourth-order valence-electron chi connectivity index (χ4n) is 3.57. The van der Waals surface area contributed by atoms with E-state index in [-0.39, 0.29) is 11.4 Å². The molecule has 1 saturated heterocycles. The summed E-state index contributed by atoms with van der Waals surface area (Å²) in [5.41, 5.74) is 1.36. The normalized spacial score (nSPS) is 14.8. The predicted molar refractivity (Wildman–Crippen MR) is 139 cm³/mol. The second kappa shape index (κ2) is 10.8. The Morgan fingerprint density at radius 3 is 2.74 bits per heavy atom. The van der Waals surface area contributed by atoms with E-state index >= 15 is 0 Å². The molecule has 0 radical (unpaired) electrons. The zero-order chi connectivity index (χ0) is 24.1. The van der Waals surface area contributed by atoms with Gasteiger partial charge in [-0.2, -0.15) is 0 Å². The maximum Gasteiger partial charge on any atom is 0.294 e. The highest BCUT2D eigenvalue weighted by atomic mass is 32.2. The van der Waals surface area contributed by atoms with Crippen molar-refractivity contribution in [3.8, 4) is 5.75 Å². The first kappa shape index (κ1) is 23.9. The lowest BCUT2D eigenvalue weighted by Gasteiger charge is -2.13. The van der Waals surface area contributed by atoms with Gasteiger partial charge in [-0.15, -0.1) is 11.8 Å². The summed E-state index contributed by atoms with van der Waals surface area (Å²) < 4.78 is 5.91. The van der Waals surface area contributed by atoms with Crippen molar-refractivity contribution in [3.05, 3.63) is 71.1 Å². The molecule has 1 aliphatic rings. The fourth-order valence-corrected chi connectivity index (χ4v) is 4.85. The number of nitrogens with one attached hydrogen (secondary N) is 1. The minimum atomic E-state index is -0.489. The van der Waals surface area contributed by atoms with Crippen molar-refractivity contribution in [2.45, 2.75) is 18.2 Å². The van der Waals surface area contributed by atoms with Gasteiger partial charge >= 0.3 is 0 Å². The number of carbonyl (C=O) groups excluding carboxylic acids is 3. The van der Waals surface area contributed by atoms with Crippen LogP contribution >= 0.6 is 23.5 Å². The number of hydrogen-bond acceptors (Lipinski definition) is 6. The van der Waals surface area contributed by atoms with Crippen molar-refractivity contribution in [1.82, 2.24) is 4.90 Å². The molecular formula is C26H24N2O4S2. The highest BCUT2D eigenvalue weighted by Gasteiger charge is 2.36. The van der Waals surface area contributed by atoms with E-state index in [4.69, 9.17) is 4.74 Å². The minimum Gasteiger partial charge on any atom is -0.493 e. The van der Waals surface area contributed by atoms with Gasteiger partial charge in [0.2, 0.25) is 5.91 Å². The molecule has 0 atom stereocenters. The molecule has 1 aliphatic heterocycles. The molecule has 3 aromatic rings. The molecular weight excluding hydrogens is 468 g/mol. The van der Waals surface area contributed by atoms with E-state index in [9.17, 15) is 14.4 Å². The Hall–Kier alpha value is -3.23. The molecule has 6 nitrogen and oxygen atoms in total. The summed E-state index contributed by atoms with van der Waals surface area (Å²) in [6, 6.07) is 19.0. The third-order valence-electron chi connectivity index (χ3n) is 5.20. The van der Waals surface area contributed by atoms with Gasteiger partial charge in [0.25, 0.3) is 11.1 Å². The lowest BCUT2D eigenvalue weighted by atomic mass is 10.0. The van der Waals surface area contributed by atoms with Gasteiger partial charge in [0, 0.05) is 16.1 Å². The Kier molecular flexibility index (Phi) is 7.59. The second-order valence-corrected chi connectivity index (χ2v) is 9.47. The number of benzene rings is 3. The van der Waals surface area contributed by atoms with Crippen molar-refractivity contribution in [3.63, 3.8) is 0 Å². The first-order valence-electron chi connectivity index (χ1n) is 10.8. The molecule has 34 heavy (non-hydrogen) atoms. The van der Waals surface area contributed by atoms with Gasteiger partial charge in [-0.3, -0.25) is 19.3 Å². The average Bonchev–Trinajstić information content (AvgIpc) is 3.10. The van der Waals surface area contributed by atoms with Crippen LogP contribution in [-0.2, 0) is 9.59 Å². The van der Waals surface area contributed by atoms with E-state index in [1.54, 1.807) is 23.9 Å². The highest BCUT2D eigenvalue weighted by molar-refractivity contribution is 8.18. The van der Waals surface area contributed by atoms with E-state index in [0.717, 1.165) is 44.3 Å². The van der Waals surface area contributed by atoms with Crippen molar-refractivity contribution in [2.75, 3.05) is 24.7 Å². The number of thioether (sulfide) groups is 2. The van der Waals surface area contributed by atoms with Crippen LogP contribution in [-0.4, -0.2) is 41.4 Å². The molecule has 1 N–H and O–H groups in total. The van der Waals surface area contributed by atoms with Gasteiger partial charge < -0.3 is 10.1 Å². The number of nitrogens with zero attached hydrogens (tertiary/aromatic N) is 1. The number of hydrogen-bond donors (Lipinski definition) is 1. The van der Waals surface area contributed by atoms with Crippen molar-refractivity contribution >= 4 is 63.1 Å². The third-order valence-corrected chi connectivity index (χ3v) is 6.83. The smallest absolute Gasteiger partial charge is 0.294 e. The van der Waals surface area contributed by atoms with E-state index in [2.05, 4.69) is 5.32 Å². The summed E-state index contributed by atoms with van der Waals surface area (Å²) in [4.78, 5) is 40.5. The molecule has 4 rings (SSSR count). The van der Waals surface area contributed by atoms with Crippen LogP contribution in [0.15, 0.2) is 70.5 Å². The van der Waals surface area contributed by atoms with Crippen LogP contribution < -0.4 is 10.1 Å². The maximum atomic E-state index is 13.1. The minimum absolute atomic E-state index is 0.264. The molecule has 0 spiro atoms. The standard InChI is InChI=1S/C26H24N2O4S2/c1-3-13-32-22-12-11-17-7-4-5-10-20(17)21(22)15-23-25(30)28(26(31)34-23)16-24(29)27-18-8-6-9-19(14-18)33-2/h4-12,14-15H,3,13,16H2,1-2H3,(H,27,29)/b23-15-. The van der Waals surface area contributed by atoms with E-state index in [1.807, 2.05) is 67.8 Å². The molecule has 3 amide bonds. The Balaban J connectivity index is 1.57. The van der Waals surface area contributed by atoms with Crippen LogP contribution in [0.25, 0.3) is 16.8 Å². The first-order chi connectivity index (χ1) is 16.5. The van der Waals surface area contributed by atoms with Gasteiger partial charge in [-0.1, -0.05) is 43.3 Å². The molecule has 1 fully saturated rings. The molecule has 0 unspecified atom stereocenters. The van der Waals surface area contributed by atoms with Gasteiger partial charge in [0.05, 0.1) is 11.5 Å². The Bertz CT molecular complexity index is 1290. The Morgan fingerprint density at radius 1 is 1.12 bits per heavy atom. The van der Waals surface area contributed by atoms with Crippen molar-refractivity contribution < 1.29 is 19.1 Å². The molecule has 3 aromatic carbocycles. The molecule has 0 aromatic heterocycles. The maximum absolute atomic E-state index is 13.1. The van der Waals surface area contributed by atoms with Crippen LogP contribution in [0.1, 0.15) is 18.9 Å². The third kappa shape index (κ3) is 5.29. The second-order valence-electron chi connectivity index (χ2n) is 7.59. The monoisotopic (exact) mass is 492 g/mol. The first-order valence-corrected chi connectivity index (χ1v) is 12.9. The van der Waals surface area contributed by atoms with Crippen LogP contribution in [0.5, 0.6) is 5.75 Å². The molecule has 0 aliphatic carbocycles. The lowest BCUT2D eigenvalue weighted by molar-refractivity contribution is -0.127. The molecule has 1 heterocycles. The van der Waals surface area contributed by atoms with Crippen molar-refractivity contribution in [1.29, 1.82) is 0 Å². The van der Waals surface area contributed by atoms with E-state index < -0.39 is 17.1 Å². The van der Waals surface area contributed by atoms with E-state index in [1.165, 1.54) is 0 Å². The van der Waals surface area contributed by atoms with Crippen LogP contribution in [0, 0.1) is 0 Å². The fraction of sp³-hybridized carbons (Fsp3) is 0.192. The summed E-state index contributed by atoms with van der Waals surface area (Å²) >= 11 is 2.39. The number of imide groups is 1. The van der Waals surface area contributed by atoms with Crippen molar-refractivity contribution in [2.24, 2.45) is 0 Å². The van der Waals surface area contributed by atoms with Gasteiger partial charge in [0.15, 0.2) is 0 Å². The average molecular weight is 493 g/mol. The number of amides is 3. The summed E-state index contributed by atoms with van der Waals surface area (Å²) in [6.45, 7) is 2.22. The number of carbonyl (C=O) groups is 3. The van der Waals surface area contributed by atoms with Crippen LogP contribution in [0.3, 0.4) is 0 Å². The number of rotatable bonds is 8. The summed E-state index contributed by atoms with van der Waals surface area (Å²) in [6.07, 6.45) is 4.48. The Labute approximate surface area is 206 Å². The number of anilines is 1. The number of ether oxygens (including phenoxy) is 1. The van der Waals surface area contributed by atoms with Crippen LogP contribution in [0.4, 0.5) is 10.5 Å². The van der Waals surface area contributed by atoms with Crippen LogP contribution in [0.2, 0.25) is 0 Å². The molecule has 0 bridgehead atoms. The molecule has 0 saturated carbocycles. The molecule has 8 heteroatoms. The SMILES string of the molecule is CCCOc1ccc2ccccc2c1/C=C1\SC(=O)N(CC(=O)Nc2cccc(SC)c2)C1=O. The summed E-state index contributed by atoms with van der Waals surface area (Å²) in [7, 11) is 0. The largest absolute Gasteiger partial charge is 0.493 e. The van der Waals surface area contributed by atoms with E-state index in [0.29, 0.717) is 18.0 Å². The topological polar surface area (TPSA) is 75.7 Å². The quantitative estimate of drug-likeness (QED) is 0.306. The predicted octanol–water partition coefficient (Wildman–Crippen LogP) is 6.03. The van der Waals surface area contributed by atoms with Gasteiger partial charge in [-0.05, 0) is 65.6 Å². The summed E-state index contributed by atoms with van der Waals surface area (Å²) in [5, 5.41) is 4.22. The highest BCUT2D eigenvalue weighted by Crippen LogP contribution is 2.37.